The summed E-state index contributed by atoms with van der Waals surface area (Å²) in [6.07, 6.45) is 5.71. The van der Waals surface area contributed by atoms with Gasteiger partial charge in [-0.2, -0.15) is 5.10 Å². The molecule has 8 nitrogen and oxygen atoms in total. The largest absolute Gasteiger partial charge is 0.378 e. The van der Waals surface area contributed by atoms with Crippen LogP contribution in [0, 0.1) is 25.5 Å². The maximum Gasteiger partial charge on any atom is 0.258 e. The van der Waals surface area contributed by atoms with Gasteiger partial charge in [0.2, 0.25) is 0 Å². The summed E-state index contributed by atoms with van der Waals surface area (Å²) in [5.41, 5.74) is 4.26. The van der Waals surface area contributed by atoms with Crippen LogP contribution in [0.3, 0.4) is 0 Å². The highest BCUT2D eigenvalue weighted by Gasteiger charge is 2.44. The quantitative estimate of drug-likeness (QED) is 0.367. The Hall–Kier alpha value is -3.92. The first-order chi connectivity index (χ1) is 18.8. The fourth-order valence-corrected chi connectivity index (χ4v) is 5.37. The lowest BCUT2D eigenvalue weighted by atomic mass is 9.97. The zero-order valence-corrected chi connectivity index (χ0v) is 22.2. The van der Waals surface area contributed by atoms with Crippen molar-refractivity contribution in [3.05, 3.63) is 70.9 Å². The molecule has 1 saturated carbocycles. The first kappa shape index (κ1) is 25.4. The molecule has 10 heteroatoms. The van der Waals surface area contributed by atoms with Gasteiger partial charge in [-0.05, 0) is 68.5 Å². The van der Waals surface area contributed by atoms with Gasteiger partial charge >= 0.3 is 0 Å². The Kier molecular flexibility index (Phi) is 6.29. The minimum absolute atomic E-state index is 0.0298. The molecule has 202 valence electrons. The van der Waals surface area contributed by atoms with E-state index in [1.54, 1.807) is 10.6 Å². The Balaban J connectivity index is 1.37. The zero-order chi connectivity index (χ0) is 27.3. The summed E-state index contributed by atoms with van der Waals surface area (Å²) in [6, 6.07) is 6.48. The van der Waals surface area contributed by atoms with E-state index >= 15 is 4.39 Å². The van der Waals surface area contributed by atoms with Gasteiger partial charge in [-0.1, -0.05) is 6.92 Å². The van der Waals surface area contributed by atoms with E-state index in [2.05, 4.69) is 32.2 Å². The smallest absolute Gasteiger partial charge is 0.258 e. The molecule has 2 fully saturated rings. The van der Waals surface area contributed by atoms with E-state index in [9.17, 15) is 9.18 Å². The molecule has 1 N–H and O–H groups in total. The van der Waals surface area contributed by atoms with E-state index in [-0.39, 0.29) is 16.7 Å². The van der Waals surface area contributed by atoms with Gasteiger partial charge in [0.05, 0.1) is 36.3 Å². The summed E-state index contributed by atoms with van der Waals surface area (Å²) in [5, 5.41) is 7.12. The van der Waals surface area contributed by atoms with Crippen LogP contribution < -0.4 is 10.2 Å². The maximum absolute atomic E-state index is 15.1. The number of amides is 1. The molecule has 1 aromatic carbocycles. The first-order valence-corrected chi connectivity index (χ1v) is 13.3. The number of fused-ring (bicyclic) bond motifs is 1. The highest BCUT2D eigenvalue weighted by atomic mass is 19.1. The summed E-state index contributed by atoms with van der Waals surface area (Å²) >= 11 is 0. The first-order valence-electron chi connectivity index (χ1n) is 13.3. The summed E-state index contributed by atoms with van der Waals surface area (Å²) in [6.45, 7) is 8.36. The molecule has 6 rings (SSSR count). The number of rotatable bonds is 6. The SMILES string of the molecule is CCC1(c2cc(C(=O)Nc3cc(-c4cc(N5CCOCC5)c5nc(C)nn5c4)c(C)cc3F)c(F)cn2)CC1. The number of nitrogens with one attached hydrogen (secondary N) is 1. The molecule has 0 atom stereocenters. The number of nitrogens with zero attached hydrogens (tertiary/aromatic N) is 5. The zero-order valence-electron chi connectivity index (χ0n) is 22.2. The van der Waals surface area contributed by atoms with E-state index < -0.39 is 17.5 Å². The Morgan fingerprint density at radius 3 is 2.59 bits per heavy atom. The van der Waals surface area contributed by atoms with Gasteiger partial charge in [0.15, 0.2) is 11.5 Å². The van der Waals surface area contributed by atoms with Crippen LogP contribution in [0.25, 0.3) is 16.8 Å². The summed E-state index contributed by atoms with van der Waals surface area (Å²) < 4.78 is 37.0. The van der Waals surface area contributed by atoms with Gasteiger partial charge in [-0.25, -0.2) is 18.3 Å². The van der Waals surface area contributed by atoms with Crippen molar-refractivity contribution in [3.63, 3.8) is 0 Å². The van der Waals surface area contributed by atoms with E-state index in [0.717, 1.165) is 47.9 Å². The minimum Gasteiger partial charge on any atom is -0.378 e. The second kappa shape index (κ2) is 9.68. The van der Waals surface area contributed by atoms with Crippen LogP contribution >= 0.6 is 0 Å². The Morgan fingerprint density at radius 1 is 1.10 bits per heavy atom. The van der Waals surface area contributed by atoms with Crippen molar-refractivity contribution in [2.45, 2.75) is 45.4 Å². The average Bonchev–Trinajstić information content (AvgIpc) is 3.64. The molecule has 0 radical (unpaired) electrons. The standard InChI is InChI=1S/C29H30F2N6O2/c1-4-29(5-6-29)26-14-21(23(31)15-32-26)28(38)34-24-13-20(17(2)11-22(24)30)19-12-25(36-7-9-39-10-8-36)27-33-18(3)35-37(27)16-19/h11-16H,4-10H2,1-3H3,(H,34,38). The highest BCUT2D eigenvalue weighted by Crippen LogP contribution is 2.50. The third-order valence-electron chi connectivity index (χ3n) is 7.92. The van der Waals surface area contributed by atoms with E-state index in [0.29, 0.717) is 43.4 Å². The predicted molar refractivity (Wildman–Crippen MR) is 144 cm³/mol. The molecule has 4 aromatic rings. The molecule has 0 spiro atoms. The molecule has 0 unspecified atom stereocenters. The number of pyridine rings is 2. The number of morpholine rings is 1. The average molecular weight is 533 g/mol. The van der Waals surface area contributed by atoms with Crippen LogP contribution in [-0.2, 0) is 10.2 Å². The molecule has 4 heterocycles. The van der Waals surface area contributed by atoms with Gasteiger partial charge in [-0.15, -0.1) is 0 Å². The third kappa shape index (κ3) is 4.63. The van der Waals surface area contributed by atoms with Gasteiger partial charge in [0, 0.05) is 36.0 Å². The maximum atomic E-state index is 15.1. The van der Waals surface area contributed by atoms with E-state index in [1.807, 2.05) is 26.1 Å². The number of aryl methyl sites for hydroxylation is 2. The lowest BCUT2D eigenvalue weighted by molar-refractivity contribution is 0.102. The van der Waals surface area contributed by atoms with Crippen molar-refractivity contribution < 1.29 is 18.3 Å². The van der Waals surface area contributed by atoms with E-state index in [1.165, 1.54) is 12.1 Å². The van der Waals surface area contributed by atoms with Crippen LogP contribution in [-0.4, -0.2) is 51.8 Å². The lowest BCUT2D eigenvalue weighted by Crippen LogP contribution is -2.36. The number of halogens is 2. The van der Waals surface area contributed by atoms with Crippen LogP contribution in [0.5, 0.6) is 0 Å². The van der Waals surface area contributed by atoms with Crippen molar-refractivity contribution >= 4 is 22.9 Å². The molecular formula is C29H30F2N6O2. The third-order valence-corrected chi connectivity index (χ3v) is 7.92. The van der Waals surface area contributed by atoms with Crippen molar-refractivity contribution in [2.75, 3.05) is 36.5 Å². The molecule has 0 bridgehead atoms. The van der Waals surface area contributed by atoms with Crippen molar-refractivity contribution in [1.82, 2.24) is 19.6 Å². The normalized spacial score (nSPS) is 16.5. The number of anilines is 2. The molecule has 2 aliphatic rings. The molecule has 1 aliphatic carbocycles. The second-order valence-electron chi connectivity index (χ2n) is 10.4. The Labute approximate surface area is 225 Å². The van der Waals surface area contributed by atoms with Gasteiger partial charge in [0.1, 0.15) is 11.6 Å². The van der Waals surface area contributed by atoms with Crippen molar-refractivity contribution in [2.24, 2.45) is 0 Å². The Morgan fingerprint density at radius 2 is 1.87 bits per heavy atom. The predicted octanol–water partition coefficient (Wildman–Crippen LogP) is 5.22. The number of hydrogen-bond donors (Lipinski definition) is 1. The number of carbonyl (C=O) groups is 1. The second-order valence-corrected chi connectivity index (χ2v) is 10.4. The van der Waals surface area contributed by atoms with Crippen LogP contribution in [0.1, 0.15) is 53.6 Å². The Bertz CT molecular complexity index is 1590. The van der Waals surface area contributed by atoms with Gasteiger partial charge < -0.3 is 15.0 Å². The number of carbonyl (C=O) groups excluding carboxylic acids is 1. The van der Waals surface area contributed by atoms with Crippen LogP contribution in [0.4, 0.5) is 20.2 Å². The topological polar surface area (TPSA) is 84.7 Å². The highest BCUT2D eigenvalue weighted by molar-refractivity contribution is 6.05. The van der Waals surface area contributed by atoms with Gasteiger partial charge in [0.25, 0.3) is 5.91 Å². The fourth-order valence-electron chi connectivity index (χ4n) is 5.37. The fraction of sp³-hybridized carbons (Fsp3) is 0.379. The summed E-state index contributed by atoms with van der Waals surface area (Å²) in [4.78, 5) is 24.2. The number of benzene rings is 1. The van der Waals surface area contributed by atoms with E-state index in [4.69, 9.17) is 4.74 Å². The number of ether oxygens (including phenoxy) is 1. The molecule has 1 saturated heterocycles. The monoisotopic (exact) mass is 532 g/mol. The number of aromatic nitrogens is 4. The van der Waals surface area contributed by atoms with Crippen molar-refractivity contribution in [3.8, 4) is 11.1 Å². The molecule has 39 heavy (non-hydrogen) atoms. The molecule has 3 aromatic heterocycles. The minimum atomic E-state index is -0.738. The summed E-state index contributed by atoms with van der Waals surface area (Å²) in [5.74, 6) is -1.41. The lowest BCUT2D eigenvalue weighted by Gasteiger charge is -2.29. The molecule has 1 aliphatic heterocycles. The molecule has 1 amide bonds. The summed E-state index contributed by atoms with van der Waals surface area (Å²) in [7, 11) is 0. The molecular weight excluding hydrogens is 502 g/mol. The van der Waals surface area contributed by atoms with Crippen LogP contribution in [0.15, 0.2) is 36.7 Å². The van der Waals surface area contributed by atoms with Crippen molar-refractivity contribution in [1.29, 1.82) is 0 Å². The number of hydrogen-bond acceptors (Lipinski definition) is 6. The van der Waals surface area contributed by atoms with Gasteiger partial charge in [-0.3, -0.25) is 9.78 Å². The van der Waals surface area contributed by atoms with Crippen LogP contribution in [0.2, 0.25) is 0 Å².